The maximum atomic E-state index is 13.4. The van der Waals surface area contributed by atoms with Crippen LogP contribution in [-0.4, -0.2) is 19.3 Å². The normalized spacial score (nSPS) is 16.7. The fourth-order valence-corrected chi connectivity index (χ4v) is 4.61. The van der Waals surface area contributed by atoms with Crippen LogP contribution in [0.3, 0.4) is 0 Å². The van der Waals surface area contributed by atoms with Gasteiger partial charge < -0.3 is 10.4 Å². The van der Waals surface area contributed by atoms with Gasteiger partial charge in [-0.3, -0.25) is 4.79 Å². The predicted molar refractivity (Wildman–Crippen MR) is 122 cm³/mol. The van der Waals surface area contributed by atoms with E-state index in [-0.39, 0.29) is 28.3 Å². The number of Topliss-reactive ketones (excluding diaryl/α,β-unsaturated/α-hetero) is 1. The minimum Gasteiger partial charge on any atom is -0.508 e. The van der Waals surface area contributed by atoms with Crippen LogP contribution in [0.1, 0.15) is 38.2 Å². The van der Waals surface area contributed by atoms with E-state index in [1.165, 1.54) is 36.4 Å². The van der Waals surface area contributed by atoms with E-state index in [1.807, 2.05) is 26.0 Å². The molecule has 0 heterocycles. The highest BCUT2D eigenvalue weighted by atomic mass is 32.2. The number of nitriles is 2. The fourth-order valence-electron chi connectivity index (χ4n) is 4.09. The summed E-state index contributed by atoms with van der Waals surface area (Å²) in [6.07, 6.45) is 0.721. The van der Waals surface area contributed by atoms with Crippen molar-refractivity contribution in [1.82, 2.24) is 0 Å². The number of nitrogens with two attached hydrogens (primary N) is 1. The molecule has 33 heavy (non-hydrogen) atoms. The molecule has 1 aliphatic rings. The number of phenols is 1. The molecular formula is C24H24N4O4S. The Kier molecular flexibility index (Phi) is 6.59. The number of sulfonamides is 1. The summed E-state index contributed by atoms with van der Waals surface area (Å²) >= 11 is 0. The Morgan fingerprint density at radius 2 is 1.61 bits per heavy atom. The lowest BCUT2D eigenvalue weighted by atomic mass is 9.69. The van der Waals surface area contributed by atoms with Gasteiger partial charge in [0.1, 0.15) is 11.7 Å². The first-order valence-corrected chi connectivity index (χ1v) is 11.7. The first-order chi connectivity index (χ1) is 15.4. The van der Waals surface area contributed by atoms with E-state index in [9.17, 15) is 28.8 Å². The first-order valence-electron chi connectivity index (χ1n) is 10.2. The number of anilines is 1. The molecule has 0 radical (unpaired) electrons. The molecule has 0 amide bonds. The summed E-state index contributed by atoms with van der Waals surface area (Å²) in [6, 6.07) is 15.9. The summed E-state index contributed by atoms with van der Waals surface area (Å²) < 4.78 is 23.1. The van der Waals surface area contributed by atoms with Gasteiger partial charge in [0, 0.05) is 29.3 Å². The summed E-state index contributed by atoms with van der Waals surface area (Å²) in [7, 11) is -3.85. The number of nitrogens with one attached hydrogen (secondary N) is 1. The number of hydrogen-bond acceptors (Lipinski definition) is 7. The third-order valence-electron chi connectivity index (χ3n) is 5.57. The largest absolute Gasteiger partial charge is 0.508 e. The molecular weight excluding hydrogens is 440 g/mol. The molecule has 2 aromatic carbocycles. The van der Waals surface area contributed by atoms with Crippen LogP contribution in [0.5, 0.6) is 5.75 Å². The van der Waals surface area contributed by atoms with Gasteiger partial charge in [0.25, 0.3) is 0 Å². The van der Waals surface area contributed by atoms with Crippen LogP contribution in [-0.2, 0) is 14.8 Å². The van der Waals surface area contributed by atoms with E-state index in [0.717, 1.165) is 0 Å². The minimum atomic E-state index is -3.85. The SMILES string of the molecule is CC1(C)CC(=O)C(C(c2ccc(O)cc2)C(C#N)C#N)=C(Nc2ccc(S(N)(=O)=O)cc2)C1. The highest BCUT2D eigenvalue weighted by Crippen LogP contribution is 2.44. The zero-order chi connectivity index (χ0) is 24.4. The zero-order valence-corrected chi connectivity index (χ0v) is 19.1. The monoisotopic (exact) mass is 464 g/mol. The van der Waals surface area contributed by atoms with Crippen LogP contribution in [0.15, 0.2) is 64.7 Å². The van der Waals surface area contributed by atoms with Crippen molar-refractivity contribution in [3.05, 3.63) is 65.4 Å². The van der Waals surface area contributed by atoms with Crippen molar-refractivity contribution in [2.24, 2.45) is 16.5 Å². The average molecular weight is 465 g/mol. The molecule has 0 spiro atoms. The van der Waals surface area contributed by atoms with E-state index in [2.05, 4.69) is 5.32 Å². The third kappa shape index (κ3) is 5.40. The third-order valence-corrected chi connectivity index (χ3v) is 6.50. The van der Waals surface area contributed by atoms with Gasteiger partial charge in [-0.15, -0.1) is 0 Å². The number of phenolic OH excluding ortho intramolecular Hbond substituents is 1. The van der Waals surface area contributed by atoms with E-state index in [4.69, 9.17) is 5.14 Å². The maximum absolute atomic E-state index is 13.4. The van der Waals surface area contributed by atoms with Crippen molar-refractivity contribution in [2.75, 3.05) is 5.32 Å². The topological polar surface area (TPSA) is 157 Å². The van der Waals surface area contributed by atoms with Gasteiger partial charge >= 0.3 is 0 Å². The number of carbonyl (C=O) groups excluding carboxylic acids is 1. The second-order valence-corrected chi connectivity index (χ2v) is 10.4. The van der Waals surface area contributed by atoms with Crippen LogP contribution < -0.4 is 10.5 Å². The van der Waals surface area contributed by atoms with Crippen LogP contribution in [0.4, 0.5) is 5.69 Å². The molecule has 2 aromatic rings. The summed E-state index contributed by atoms with van der Waals surface area (Å²) in [5, 5.41) is 37.4. The minimum absolute atomic E-state index is 0.0290. The van der Waals surface area contributed by atoms with Crippen molar-refractivity contribution in [1.29, 1.82) is 10.5 Å². The molecule has 0 aromatic heterocycles. The second kappa shape index (κ2) is 9.07. The highest BCUT2D eigenvalue weighted by molar-refractivity contribution is 7.89. The van der Waals surface area contributed by atoms with Crippen molar-refractivity contribution >= 4 is 21.5 Å². The van der Waals surface area contributed by atoms with Crippen LogP contribution in [0, 0.1) is 34.0 Å². The molecule has 1 atom stereocenters. The Morgan fingerprint density at radius 3 is 2.12 bits per heavy atom. The molecule has 0 saturated carbocycles. The van der Waals surface area contributed by atoms with E-state index < -0.39 is 21.9 Å². The maximum Gasteiger partial charge on any atom is 0.238 e. The summed E-state index contributed by atoms with van der Waals surface area (Å²) in [6.45, 7) is 3.91. The molecule has 1 aliphatic carbocycles. The number of aromatic hydroxyl groups is 1. The number of hydrogen-bond donors (Lipinski definition) is 3. The summed E-state index contributed by atoms with van der Waals surface area (Å²) in [5.41, 5.74) is 1.64. The molecule has 8 nitrogen and oxygen atoms in total. The quantitative estimate of drug-likeness (QED) is 0.590. The highest BCUT2D eigenvalue weighted by Gasteiger charge is 2.40. The van der Waals surface area contributed by atoms with Gasteiger partial charge in [-0.2, -0.15) is 10.5 Å². The number of allylic oxidation sites excluding steroid dienone is 2. The average Bonchev–Trinajstić information content (AvgIpc) is 2.72. The molecule has 0 saturated heterocycles. The number of rotatable bonds is 6. The van der Waals surface area contributed by atoms with Crippen LogP contribution in [0.25, 0.3) is 0 Å². The number of nitrogens with zero attached hydrogens (tertiary/aromatic N) is 2. The lowest BCUT2D eigenvalue weighted by molar-refractivity contribution is -0.118. The second-order valence-electron chi connectivity index (χ2n) is 8.83. The first kappa shape index (κ1) is 24.0. The fraction of sp³-hybridized carbons (Fsp3) is 0.292. The Balaban J connectivity index is 2.16. The van der Waals surface area contributed by atoms with Gasteiger partial charge in [0.15, 0.2) is 5.78 Å². The van der Waals surface area contributed by atoms with Crippen molar-refractivity contribution < 1.29 is 18.3 Å². The van der Waals surface area contributed by atoms with Gasteiger partial charge in [-0.1, -0.05) is 26.0 Å². The van der Waals surface area contributed by atoms with Gasteiger partial charge in [-0.25, -0.2) is 13.6 Å². The summed E-state index contributed by atoms with van der Waals surface area (Å²) in [5.74, 6) is -2.10. The Hall–Kier alpha value is -3.66. The molecule has 4 N–H and O–H groups in total. The number of carbonyl (C=O) groups is 1. The van der Waals surface area contributed by atoms with Gasteiger partial charge in [0.05, 0.1) is 17.0 Å². The Labute approximate surface area is 193 Å². The molecule has 0 fully saturated rings. The number of primary sulfonamides is 1. The van der Waals surface area contributed by atoms with Crippen LogP contribution >= 0.6 is 0 Å². The predicted octanol–water partition coefficient (Wildman–Crippen LogP) is 3.54. The number of benzene rings is 2. The van der Waals surface area contributed by atoms with E-state index >= 15 is 0 Å². The van der Waals surface area contributed by atoms with Crippen molar-refractivity contribution in [2.45, 2.75) is 37.5 Å². The number of ketones is 1. The molecule has 170 valence electrons. The van der Waals surface area contributed by atoms with E-state index in [1.54, 1.807) is 12.1 Å². The Morgan fingerprint density at radius 1 is 1.03 bits per heavy atom. The van der Waals surface area contributed by atoms with E-state index in [0.29, 0.717) is 28.9 Å². The standard InChI is InChI=1S/C24H24N4O4S/c1-24(2)11-20(28-17-5-9-19(10-6-17)33(27,31)32)23(21(30)12-24)22(16(13-25)14-26)15-3-7-18(29)8-4-15/h3-10,16,22,28-29H,11-12H2,1-2H3,(H2,27,31,32). The molecule has 0 bridgehead atoms. The summed E-state index contributed by atoms with van der Waals surface area (Å²) in [4.78, 5) is 13.3. The lowest BCUT2D eigenvalue weighted by Crippen LogP contribution is -2.32. The lowest BCUT2D eigenvalue weighted by Gasteiger charge is -2.36. The van der Waals surface area contributed by atoms with Gasteiger partial charge in [-0.05, 0) is 53.8 Å². The smallest absolute Gasteiger partial charge is 0.238 e. The molecule has 1 unspecified atom stereocenters. The molecule has 9 heteroatoms. The molecule has 3 rings (SSSR count). The zero-order valence-electron chi connectivity index (χ0n) is 18.2. The molecule has 0 aliphatic heterocycles. The van der Waals surface area contributed by atoms with Crippen molar-refractivity contribution in [3.63, 3.8) is 0 Å². The van der Waals surface area contributed by atoms with Crippen molar-refractivity contribution in [3.8, 4) is 17.9 Å². The van der Waals surface area contributed by atoms with Crippen LogP contribution in [0.2, 0.25) is 0 Å². The van der Waals surface area contributed by atoms with Gasteiger partial charge in [0.2, 0.25) is 10.0 Å². The Bertz CT molecular complexity index is 1270.